The molecule has 0 bridgehead atoms. The number of hydrogen-bond donors (Lipinski definition) is 3. The third kappa shape index (κ3) is 4.50. The van der Waals surface area contributed by atoms with E-state index in [4.69, 9.17) is 9.16 Å². The van der Waals surface area contributed by atoms with Crippen molar-refractivity contribution in [2.45, 2.75) is 56.0 Å². The fourth-order valence-corrected chi connectivity index (χ4v) is 10.2. The number of rotatable bonds is 8. The van der Waals surface area contributed by atoms with Crippen LogP contribution in [0, 0.1) is 0 Å². The zero-order valence-electron chi connectivity index (χ0n) is 18.7. The molecule has 170 valence electrons. The van der Waals surface area contributed by atoms with Crippen molar-refractivity contribution in [3.63, 3.8) is 0 Å². The topological polar surface area (TPSA) is 79.2 Å². The Morgan fingerprint density at radius 3 is 1.94 bits per heavy atom. The van der Waals surface area contributed by atoms with Crippen LogP contribution in [0.2, 0.25) is 5.04 Å². The van der Waals surface area contributed by atoms with Crippen molar-refractivity contribution in [1.82, 2.24) is 0 Å². The molecule has 1 aliphatic heterocycles. The van der Waals surface area contributed by atoms with E-state index in [1.807, 2.05) is 43.3 Å². The van der Waals surface area contributed by atoms with Crippen molar-refractivity contribution in [2.75, 3.05) is 19.0 Å². The van der Waals surface area contributed by atoms with Gasteiger partial charge in [-0.1, -0.05) is 88.4 Å². The van der Waals surface area contributed by atoms with Crippen LogP contribution in [0.1, 0.15) is 27.7 Å². The Kier molecular flexibility index (Phi) is 7.69. The number of hydrogen-bond acceptors (Lipinski definition) is 6. The number of aliphatic hydroxyl groups excluding tert-OH is 3. The molecule has 3 rings (SSSR count). The Morgan fingerprint density at radius 2 is 1.52 bits per heavy atom. The zero-order valence-corrected chi connectivity index (χ0v) is 20.5. The van der Waals surface area contributed by atoms with Crippen molar-refractivity contribution >= 4 is 30.5 Å². The van der Waals surface area contributed by atoms with Gasteiger partial charge in [0, 0.05) is 0 Å². The molecule has 3 N–H and O–H groups in total. The van der Waals surface area contributed by atoms with Gasteiger partial charge in [0.2, 0.25) is 0 Å². The number of aliphatic hydroxyl groups is 3. The highest BCUT2D eigenvalue weighted by Gasteiger charge is 2.56. The van der Waals surface area contributed by atoms with Crippen LogP contribution in [-0.2, 0) is 9.16 Å². The van der Waals surface area contributed by atoms with Gasteiger partial charge in [-0.2, -0.15) is 0 Å². The highest BCUT2D eigenvalue weighted by Crippen LogP contribution is 2.42. The summed E-state index contributed by atoms with van der Waals surface area (Å²) >= 11 is 1.31. The van der Waals surface area contributed by atoms with E-state index in [1.165, 1.54) is 11.8 Å². The summed E-state index contributed by atoms with van der Waals surface area (Å²) in [5.41, 5.74) is 0. The van der Waals surface area contributed by atoms with Gasteiger partial charge >= 0.3 is 0 Å². The maximum absolute atomic E-state index is 10.7. The summed E-state index contributed by atoms with van der Waals surface area (Å²) in [5.74, 6) is 0.645. The van der Waals surface area contributed by atoms with Gasteiger partial charge in [-0.05, 0) is 21.2 Å². The fraction of sp³-hybridized carbons (Fsp3) is 0.500. The van der Waals surface area contributed by atoms with E-state index in [0.717, 1.165) is 10.4 Å². The second-order valence-electron chi connectivity index (χ2n) is 8.97. The SMILES string of the molecule is CCS[C@]1(CO)O[C@H](CO[Si](c2ccccc2)(c2ccccc2)C(C)(C)C)[C@@H](O)[C@@H]1O. The first-order valence-corrected chi connectivity index (χ1v) is 13.6. The minimum atomic E-state index is -2.79. The highest BCUT2D eigenvalue weighted by molar-refractivity contribution is 8.00. The minimum Gasteiger partial charge on any atom is -0.405 e. The lowest BCUT2D eigenvalue weighted by Gasteiger charge is -2.43. The predicted molar refractivity (Wildman–Crippen MR) is 128 cm³/mol. The summed E-state index contributed by atoms with van der Waals surface area (Å²) in [7, 11) is -2.79. The van der Waals surface area contributed by atoms with Crippen LogP contribution < -0.4 is 10.4 Å². The smallest absolute Gasteiger partial charge is 0.261 e. The third-order valence-corrected chi connectivity index (χ3v) is 12.2. The van der Waals surface area contributed by atoms with E-state index >= 15 is 0 Å². The number of benzene rings is 2. The molecule has 31 heavy (non-hydrogen) atoms. The molecular formula is C24H34O5SSi. The number of thioether (sulfide) groups is 1. The van der Waals surface area contributed by atoms with Crippen LogP contribution >= 0.6 is 11.8 Å². The summed E-state index contributed by atoms with van der Waals surface area (Å²) in [5, 5.41) is 33.3. The molecule has 2 aromatic rings. The lowest BCUT2D eigenvalue weighted by Crippen LogP contribution is -2.67. The lowest BCUT2D eigenvalue weighted by molar-refractivity contribution is -0.0581. The van der Waals surface area contributed by atoms with Crippen LogP contribution in [0.3, 0.4) is 0 Å². The van der Waals surface area contributed by atoms with E-state index in [2.05, 4.69) is 45.0 Å². The van der Waals surface area contributed by atoms with Gasteiger partial charge in [-0.3, -0.25) is 0 Å². The first kappa shape index (κ1) is 24.4. The van der Waals surface area contributed by atoms with Gasteiger partial charge in [0.05, 0.1) is 13.2 Å². The third-order valence-electron chi connectivity index (χ3n) is 6.00. The van der Waals surface area contributed by atoms with Crippen LogP contribution in [0.4, 0.5) is 0 Å². The van der Waals surface area contributed by atoms with E-state index in [0.29, 0.717) is 5.75 Å². The second-order valence-corrected chi connectivity index (χ2v) is 14.8. The van der Waals surface area contributed by atoms with Gasteiger partial charge in [-0.25, -0.2) is 0 Å². The molecule has 1 heterocycles. The Hall–Kier alpha value is -1.19. The summed E-state index contributed by atoms with van der Waals surface area (Å²) in [4.78, 5) is -1.23. The maximum atomic E-state index is 10.7. The summed E-state index contributed by atoms with van der Waals surface area (Å²) in [6, 6.07) is 20.5. The van der Waals surface area contributed by atoms with Crippen LogP contribution in [0.15, 0.2) is 60.7 Å². The summed E-state index contributed by atoms with van der Waals surface area (Å²) < 4.78 is 12.9. The van der Waals surface area contributed by atoms with Crippen molar-refractivity contribution in [2.24, 2.45) is 0 Å². The largest absolute Gasteiger partial charge is 0.405 e. The van der Waals surface area contributed by atoms with Crippen molar-refractivity contribution in [3.05, 3.63) is 60.7 Å². The Morgan fingerprint density at radius 1 is 1.00 bits per heavy atom. The van der Waals surface area contributed by atoms with E-state index in [-0.39, 0.29) is 18.3 Å². The van der Waals surface area contributed by atoms with E-state index in [1.54, 1.807) is 0 Å². The van der Waals surface area contributed by atoms with E-state index < -0.39 is 31.6 Å². The molecule has 5 nitrogen and oxygen atoms in total. The standard InChI is InChI=1S/C24H34O5SSi/c1-5-30-24(17-25)22(27)21(26)20(29-24)16-28-31(23(2,3)4,18-12-8-6-9-13-18)19-14-10-7-11-15-19/h6-15,20-22,25-27H,5,16-17H2,1-4H3/t20-,21-,22+,24+/m1/s1. The first-order valence-electron chi connectivity index (χ1n) is 10.8. The fourth-order valence-electron chi connectivity index (χ4n) is 4.50. The van der Waals surface area contributed by atoms with E-state index in [9.17, 15) is 15.3 Å². The van der Waals surface area contributed by atoms with Gasteiger partial charge in [0.1, 0.15) is 18.3 Å². The molecule has 0 spiro atoms. The quantitative estimate of drug-likeness (QED) is 0.522. The molecule has 4 atom stereocenters. The highest BCUT2D eigenvalue weighted by atomic mass is 32.2. The molecule has 2 aromatic carbocycles. The molecular weight excluding hydrogens is 428 g/mol. The molecule has 1 saturated heterocycles. The summed E-state index contributed by atoms with van der Waals surface area (Å²) in [6.45, 7) is 8.23. The van der Waals surface area contributed by atoms with Crippen molar-refractivity contribution in [3.8, 4) is 0 Å². The van der Waals surface area contributed by atoms with Gasteiger partial charge in [0.25, 0.3) is 8.32 Å². The molecule has 1 aliphatic rings. The molecule has 0 saturated carbocycles. The van der Waals surface area contributed by atoms with Crippen LogP contribution in [0.25, 0.3) is 0 Å². The van der Waals surface area contributed by atoms with Gasteiger partial charge in [-0.15, -0.1) is 11.8 Å². The number of ether oxygens (including phenoxy) is 1. The second kappa shape index (κ2) is 9.75. The first-order chi connectivity index (χ1) is 14.7. The lowest BCUT2D eigenvalue weighted by atomic mass is 10.1. The van der Waals surface area contributed by atoms with Crippen LogP contribution in [0.5, 0.6) is 0 Å². The average molecular weight is 463 g/mol. The average Bonchev–Trinajstić information content (AvgIpc) is 3.00. The Bertz CT molecular complexity index is 789. The van der Waals surface area contributed by atoms with Crippen LogP contribution in [-0.4, -0.2) is 65.8 Å². The zero-order chi connectivity index (χ0) is 22.7. The van der Waals surface area contributed by atoms with Crippen molar-refractivity contribution in [1.29, 1.82) is 0 Å². The summed E-state index contributed by atoms with van der Waals surface area (Å²) in [6.07, 6.45) is -3.05. The molecule has 0 aromatic heterocycles. The maximum Gasteiger partial charge on any atom is 0.261 e. The monoisotopic (exact) mass is 462 g/mol. The molecule has 0 amide bonds. The predicted octanol–water partition coefficient (Wildman–Crippen LogP) is 2.13. The normalized spacial score (nSPS) is 26.9. The molecule has 1 fully saturated rings. The van der Waals surface area contributed by atoms with Gasteiger partial charge < -0.3 is 24.5 Å². The molecule has 0 aliphatic carbocycles. The molecule has 7 heteroatoms. The Balaban J connectivity index is 1.99. The van der Waals surface area contributed by atoms with Gasteiger partial charge in [0.15, 0.2) is 4.93 Å². The molecule has 0 radical (unpaired) electrons. The molecule has 0 unspecified atom stereocenters. The van der Waals surface area contributed by atoms with Crippen molar-refractivity contribution < 1.29 is 24.5 Å². The minimum absolute atomic E-state index is 0.123. The Labute approximate surface area is 190 Å².